The van der Waals surface area contributed by atoms with Gasteiger partial charge in [-0.2, -0.15) is 5.10 Å². The molecule has 1 aromatic rings. The van der Waals surface area contributed by atoms with Gasteiger partial charge in [-0.05, 0) is 0 Å². The highest BCUT2D eigenvalue weighted by molar-refractivity contribution is 6.31. The summed E-state index contributed by atoms with van der Waals surface area (Å²) in [5.41, 5.74) is 6.22. The van der Waals surface area contributed by atoms with Crippen LogP contribution in [-0.4, -0.2) is 9.78 Å². The predicted octanol–water partition coefficient (Wildman–Crippen LogP) is 0.532. The Labute approximate surface area is 58.4 Å². The average molecular weight is 146 g/mol. The number of halogens is 1. The molecule has 50 valence electrons. The molecule has 0 radical (unpaired) electrons. The summed E-state index contributed by atoms with van der Waals surface area (Å²) < 4.78 is 1.67. The van der Waals surface area contributed by atoms with E-state index in [1.54, 1.807) is 10.9 Å². The van der Waals surface area contributed by atoms with Gasteiger partial charge in [0.15, 0.2) is 0 Å². The summed E-state index contributed by atoms with van der Waals surface area (Å²) in [6.07, 6.45) is 1.59. The molecule has 0 bridgehead atoms. The largest absolute Gasteiger partial charge is 0.325 e. The van der Waals surface area contributed by atoms with Gasteiger partial charge in [-0.1, -0.05) is 11.6 Å². The molecule has 0 saturated heterocycles. The first-order valence-corrected chi connectivity index (χ1v) is 3.00. The normalized spacial score (nSPS) is 10.1. The first-order chi connectivity index (χ1) is 4.25. The minimum atomic E-state index is 0.440. The number of nitrogens with zero attached hydrogens (tertiary/aromatic N) is 2. The number of nitrogens with two attached hydrogens (primary N) is 1. The van der Waals surface area contributed by atoms with Crippen molar-refractivity contribution in [1.82, 2.24) is 9.78 Å². The van der Waals surface area contributed by atoms with Crippen LogP contribution in [0.15, 0.2) is 6.20 Å². The van der Waals surface area contributed by atoms with Crippen molar-refractivity contribution in [3.63, 3.8) is 0 Å². The maximum atomic E-state index is 5.68. The van der Waals surface area contributed by atoms with E-state index < -0.39 is 0 Å². The molecule has 1 heterocycles. The Hall–Kier alpha value is -0.540. The quantitative estimate of drug-likeness (QED) is 0.627. The van der Waals surface area contributed by atoms with Crippen LogP contribution in [0.2, 0.25) is 5.02 Å². The fraction of sp³-hybridized carbons (Fsp3) is 0.400. The van der Waals surface area contributed by atoms with E-state index in [2.05, 4.69) is 5.10 Å². The van der Waals surface area contributed by atoms with Crippen LogP contribution >= 0.6 is 11.6 Å². The summed E-state index contributed by atoms with van der Waals surface area (Å²) in [7, 11) is 1.81. The van der Waals surface area contributed by atoms with Crippen molar-refractivity contribution in [2.75, 3.05) is 0 Å². The average Bonchev–Trinajstić information content (AvgIpc) is 2.12. The Kier molecular flexibility index (Phi) is 1.73. The summed E-state index contributed by atoms with van der Waals surface area (Å²) in [5.74, 6) is 0. The topological polar surface area (TPSA) is 43.8 Å². The molecule has 0 saturated carbocycles. The second-order valence-electron chi connectivity index (χ2n) is 1.77. The number of aromatic nitrogens is 2. The molecule has 1 aromatic heterocycles. The molecule has 0 atom stereocenters. The molecule has 0 aliphatic rings. The fourth-order valence-electron chi connectivity index (χ4n) is 0.666. The number of hydrogen-bond donors (Lipinski definition) is 1. The van der Waals surface area contributed by atoms with Crippen LogP contribution in [0, 0.1) is 0 Å². The van der Waals surface area contributed by atoms with E-state index in [9.17, 15) is 0 Å². The van der Waals surface area contributed by atoms with Gasteiger partial charge in [0.2, 0.25) is 0 Å². The third-order valence-electron chi connectivity index (χ3n) is 1.20. The molecule has 2 N–H and O–H groups in total. The van der Waals surface area contributed by atoms with Gasteiger partial charge < -0.3 is 5.73 Å². The maximum absolute atomic E-state index is 5.68. The zero-order chi connectivity index (χ0) is 6.85. The van der Waals surface area contributed by atoms with E-state index in [0.717, 1.165) is 5.69 Å². The molecular weight excluding hydrogens is 138 g/mol. The number of aryl methyl sites for hydroxylation is 1. The third kappa shape index (κ3) is 1.06. The Balaban J connectivity index is 3.07. The van der Waals surface area contributed by atoms with Gasteiger partial charge in [-0.25, -0.2) is 0 Å². The second-order valence-corrected chi connectivity index (χ2v) is 2.17. The lowest BCUT2D eigenvalue weighted by Gasteiger charge is -1.95. The molecule has 4 heteroatoms. The van der Waals surface area contributed by atoms with Crippen molar-refractivity contribution in [3.05, 3.63) is 16.9 Å². The Bertz CT molecular complexity index is 186. The van der Waals surface area contributed by atoms with E-state index in [1.165, 1.54) is 0 Å². The lowest BCUT2D eigenvalue weighted by molar-refractivity contribution is 0.712. The highest BCUT2D eigenvalue weighted by Crippen LogP contribution is 2.11. The number of rotatable bonds is 1. The Morgan fingerprint density at radius 2 is 2.56 bits per heavy atom. The first-order valence-electron chi connectivity index (χ1n) is 2.62. The van der Waals surface area contributed by atoms with Crippen LogP contribution in [0.3, 0.4) is 0 Å². The van der Waals surface area contributed by atoms with E-state index in [1.807, 2.05) is 7.05 Å². The third-order valence-corrected chi connectivity index (χ3v) is 1.52. The highest BCUT2D eigenvalue weighted by Gasteiger charge is 2.01. The van der Waals surface area contributed by atoms with Crippen molar-refractivity contribution >= 4 is 11.6 Å². The van der Waals surface area contributed by atoms with Crippen LogP contribution < -0.4 is 5.73 Å². The molecule has 0 unspecified atom stereocenters. The van der Waals surface area contributed by atoms with E-state index in [0.29, 0.717) is 11.6 Å². The summed E-state index contributed by atoms with van der Waals surface area (Å²) in [5, 5.41) is 4.53. The molecule has 0 aliphatic carbocycles. The zero-order valence-corrected chi connectivity index (χ0v) is 5.89. The van der Waals surface area contributed by atoms with Gasteiger partial charge in [0.1, 0.15) is 0 Å². The zero-order valence-electron chi connectivity index (χ0n) is 5.13. The maximum Gasteiger partial charge on any atom is 0.0830 e. The minimum Gasteiger partial charge on any atom is -0.325 e. The standard InChI is InChI=1S/C5H8ClN3/c1-9-5(2-7)4(6)3-8-9/h3H,2,7H2,1H3. The number of hydrogen-bond acceptors (Lipinski definition) is 2. The highest BCUT2D eigenvalue weighted by atomic mass is 35.5. The molecule has 3 nitrogen and oxygen atoms in total. The van der Waals surface area contributed by atoms with Crippen LogP contribution in [0.1, 0.15) is 5.69 Å². The summed E-state index contributed by atoms with van der Waals surface area (Å²) in [6, 6.07) is 0. The SMILES string of the molecule is Cn1ncc(Cl)c1CN. The molecule has 0 spiro atoms. The van der Waals surface area contributed by atoms with E-state index >= 15 is 0 Å². The predicted molar refractivity (Wildman–Crippen MR) is 36.1 cm³/mol. The summed E-state index contributed by atoms with van der Waals surface area (Å²) in [6.45, 7) is 0.440. The summed E-state index contributed by atoms with van der Waals surface area (Å²) in [4.78, 5) is 0. The molecule has 0 aliphatic heterocycles. The first kappa shape index (κ1) is 6.58. The van der Waals surface area contributed by atoms with Gasteiger partial charge in [0.25, 0.3) is 0 Å². The summed E-state index contributed by atoms with van der Waals surface area (Å²) >= 11 is 5.68. The van der Waals surface area contributed by atoms with Crippen LogP contribution in [0.25, 0.3) is 0 Å². The molecule has 0 fully saturated rings. The van der Waals surface area contributed by atoms with Crippen molar-refractivity contribution in [2.24, 2.45) is 12.8 Å². The van der Waals surface area contributed by atoms with Crippen molar-refractivity contribution in [3.8, 4) is 0 Å². The van der Waals surface area contributed by atoms with Gasteiger partial charge in [0, 0.05) is 13.6 Å². The Morgan fingerprint density at radius 1 is 1.89 bits per heavy atom. The van der Waals surface area contributed by atoms with Gasteiger partial charge >= 0.3 is 0 Å². The smallest absolute Gasteiger partial charge is 0.0830 e. The fourth-order valence-corrected chi connectivity index (χ4v) is 0.909. The Morgan fingerprint density at radius 3 is 2.78 bits per heavy atom. The molecule has 0 amide bonds. The molecule has 1 rings (SSSR count). The second kappa shape index (κ2) is 2.37. The van der Waals surface area contributed by atoms with Crippen LogP contribution in [0.5, 0.6) is 0 Å². The van der Waals surface area contributed by atoms with Gasteiger partial charge in [-0.3, -0.25) is 4.68 Å². The lowest BCUT2D eigenvalue weighted by Crippen LogP contribution is -2.04. The van der Waals surface area contributed by atoms with Crippen LogP contribution in [0.4, 0.5) is 0 Å². The monoisotopic (exact) mass is 145 g/mol. The van der Waals surface area contributed by atoms with Gasteiger partial charge in [-0.15, -0.1) is 0 Å². The van der Waals surface area contributed by atoms with E-state index in [-0.39, 0.29) is 0 Å². The molecule has 9 heavy (non-hydrogen) atoms. The van der Waals surface area contributed by atoms with Gasteiger partial charge in [0.05, 0.1) is 16.9 Å². The van der Waals surface area contributed by atoms with Crippen LogP contribution in [-0.2, 0) is 13.6 Å². The lowest BCUT2D eigenvalue weighted by atomic mass is 10.4. The minimum absolute atomic E-state index is 0.440. The van der Waals surface area contributed by atoms with Crippen molar-refractivity contribution < 1.29 is 0 Å². The molecular formula is C5H8ClN3. The van der Waals surface area contributed by atoms with E-state index in [4.69, 9.17) is 17.3 Å². The van der Waals surface area contributed by atoms with Crippen molar-refractivity contribution in [2.45, 2.75) is 6.54 Å². The molecule has 0 aromatic carbocycles. The van der Waals surface area contributed by atoms with Crippen molar-refractivity contribution in [1.29, 1.82) is 0 Å².